The quantitative estimate of drug-likeness (QED) is 0.554. The number of halogens is 2. The highest BCUT2D eigenvalue weighted by molar-refractivity contribution is 6.30. The van der Waals surface area contributed by atoms with Crippen LogP contribution in [0.5, 0.6) is 0 Å². The van der Waals surface area contributed by atoms with Crippen LogP contribution >= 0.6 is 11.6 Å². The van der Waals surface area contributed by atoms with Gasteiger partial charge in [-0.2, -0.15) is 0 Å². The van der Waals surface area contributed by atoms with E-state index in [0.717, 1.165) is 29.4 Å². The maximum Gasteiger partial charge on any atom is 0.142 e. The van der Waals surface area contributed by atoms with Gasteiger partial charge < -0.3 is 0 Å². The molecular formula is C21H26ClF. The summed E-state index contributed by atoms with van der Waals surface area (Å²) in [5.74, 6) is 2.12. The van der Waals surface area contributed by atoms with Crippen LogP contribution in [0.25, 0.3) is 5.57 Å². The number of benzene rings is 1. The molecule has 1 fully saturated rings. The van der Waals surface area contributed by atoms with Crippen molar-refractivity contribution in [3.05, 3.63) is 52.8 Å². The molecule has 0 bridgehead atoms. The predicted octanol–water partition coefficient (Wildman–Crippen LogP) is 7.05. The standard InChI is InChI=1S/C21H26ClF/c1-2-3-15-4-6-16(7-5-15)17-8-10-18(11-9-17)19-12-13-20(22)21(23)14-19/h8,10-17H,2-7,9H2,1H3/t15-,16-,17?. The van der Waals surface area contributed by atoms with Crippen LogP contribution in [-0.2, 0) is 0 Å². The summed E-state index contributed by atoms with van der Waals surface area (Å²) in [7, 11) is 0. The molecule has 2 aliphatic rings. The molecule has 1 saturated carbocycles. The van der Waals surface area contributed by atoms with E-state index in [1.807, 2.05) is 6.07 Å². The average Bonchev–Trinajstić information content (AvgIpc) is 2.59. The average molecular weight is 333 g/mol. The number of rotatable bonds is 4. The molecule has 0 saturated heterocycles. The molecular weight excluding hydrogens is 307 g/mol. The van der Waals surface area contributed by atoms with Crippen LogP contribution in [0, 0.1) is 23.6 Å². The van der Waals surface area contributed by atoms with E-state index in [0.29, 0.717) is 5.92 Å². The normalized spacial score (nSPS) is 27.8. The van der Waals surface area contributed by atoms with Gasteiger partial charge in [-0.3, -0.25) is 0 Å². The van der Waals surface area contributed by atoms with Crippen LogP contribution in [-0.4, -0.2) is 0 Å². The van der Waals surface area contributed by atoms with E-state index in [2.05, 4.69) is 25.2 Å². The summed E-state index contributed by atoms with van der Waals surface area (Å²) in [6.07, 6.45) is 16.2. The van der Waals surface area contributed by atoms with Crippen molar-refractivity contribution in [1.82, 2.24) is 0 Å². The van der Waals surface area contributed by atoms with Gasteiger partial charge >= 0.3 is 0 Å². The van der Waals surface area contributed by atoms with Gasteiger partial charge in [0.05, 0.1) is 5.02 Å². The van der Waals surface area contributed by atoms with Gasteiger partial charge in [-0.25, -0.2) is 4.39 Å². The van der Waals surface area contributed by atoms with Gasteiger partial charge in [-0.15, -0.1) is 0 Å². The zero-order valence-electron chi connectivity index (χ0n) is 13.9. The zero-order chi connectivity index (χ0) is 16.2. The van der Waals surface area contributed by atoms with Crippen molar-refractivity contribution >= 4 is 17.2 Å². The van der Waals surface area contributed by atoms with Crippen LogP contribution < -0.4 is 0 Å². The Bertz CT molecular complexity index is 594. The first-order valence-corrected chi connectivity index (χ1v) is 9.39. The molecule has 0 amide bonds. The van der Waals surface area contributed by atoms with Crippen molar-refractivity contribution in [3.8, 4) is 0 Å². The maximum absolute atomic E-state index is 13.6. The van der Waals surface area contributed by atoms with E-state index >= 15 is 0 Å². The fourth-order valence-electron chi connectivity index (χ4n) is 4.19. The van der Waals surface area contributed by atoms with Gasteiger partial charge in [0, 0.05) is 0 Å². The highest BCUT2D eigenvalue weighted by atomic mass is 35.5. The molecule has 0 aliphatic heterocycles. The molecule has 2 aliphatic carbocycles. The Kier molecular flexibility index (Phi) is 5.58. The Morgan fingerprint density at radius 3 is 2.57 bits per heavy atom. The topological polar surface area (TPSA) is 0 Å². The van der Waals surface area contributed by atoms with Gasteiger partial charge in [0.2, 0.25) is 0 Å². The fraction of sp³-hybridized carbons (Fsp3) is 0.524. The highest BCUT2D eigenvalue weighted by Gasteiger charge is 2.26. The molecule has 0 N–H and O–H groups in total. The van der Waals surface area contributed by atoms with Gasteiger partial charge in [-0.1, -0.05) is 68.5 Å². The third-order valence-electron chi connectivity index (χ3n) is 5.58. The summed E-state index contributed by atoms with van der Waals surface area (Å²) in [6.45, 7) is 2.29. The zero-order valence-corrected chi connectivity index (χ0v) is 14.7. The third-order valence-corrected chi connectivity index (χ3v) is 5.89. The molecule has 1 atom stereocenters. The first-order valence-electron chi connectivity index (χ1n) is 9.01. The molecule has 1 aromatic rings. The summed E-state index contributed by atoms with van der Waals surface area (Å²) in [6, 6.07) is 5.08. The lowest BCUT2D eigenvalue weighted by atomic mass is 9.72. The largest absolute Gasteiger partial charge is 0.205 e. The molecule has 124 valence electrons. The summed E-state index contributed by atoms with van der Waals surface area (Å²) < 4.78 is 13.6. The van der Waals surface area contributed by atoms with Crippen molar-refractivity contribution in [2.75, 3.05) is 0 Å². The lowest BCUT2D eigenvalue weighted by Gasteiger charge is -2.33. The van der Waals surface area contributed by atoms with Gasteiger partial charge in [0.1, 0.15) is 5.82 Å². The fourth-order valence-corrected chi connectivity index (χ4v) is 4.31. The Morgan fingerprint density at radius 1 is 1.17 bits per heavy atom. The maximum atomic E-state index is 13.6. The number of hydrogen-bond acceptors (Lipinski definition) is 0. The van der Waals surface area contributed by atoms with E-state index in [4.69, 9.17) is 11.6 Å². The molecule has 0 spiro atoms. The molecule has 0 nitrogen and oxygen atoms in total. The Balaban J connectivity index is 1.59. The molecule has 1 aromatic carbocycles. The summed E-state index contributed by atoms with van der Waals surface area (Å²) in [5, 5.41) is 0.191. The number of allylic oxidation sites excluding steroid dienone is 4. The van der Waals surface area contributed by atoms with Crippen molar-refractivity contribution < 1.29 is 4.39 Å². The number of hydrogen-bond donors (Lipinski definition) is 0. The first-order chi connectivity index (χ1) is 11.2. The second kappa shape index (κ2) is 7.66. The SMILES string of the molecule is CCC[C@H]1CC[C@H](C2C=CC(c3ccc(Cl)c(F)c3)=CC2)CC1. The molecule has 0 aromatic heterocycles. The summed E-state index contributed by atoms with van der Waals surface area (Å²) >= 11 is 5.77. The third kappa shape index (κ3) is 4.07. The van der Waals surface area contributed by atoms with Gasteiger partial charge in [0.25, 0.3) is 0 Å². The minimum atomic E-state index is -0.338. The molecule has 3 rings (SSSR count). The van der Waals surface area contributed by atoms with Crippen LogP contribution in [0.1, 0.15) is 57.4 Å². The summed E-state index contributed by atoms with van der Waals surface area (Å²) in [5.41, 5.74) is 2.05. The predicted molar refractivity (Wildman–Crippen MR) is 97.0 cm³/mol. The van der Waals surface area contributed by atoms with Crippen molar-refractivity contribution in [2.45, 2.75) is 51.9 Å². The van der Waals surface area contributed by atoms with Crippen LogP contribution in [0.15, 0.2) is 36.4 Å². The minimum Gasteiger partial charge on any atom is -0.205 e. The van der Waals surface area contributed by atoms with Gasteiger partial charge in [-0.05, 0) is 60.3 Å². The summed E-state index contributed by atoms with van der Waals surface area (Å²) in [4.78, 5) is 0. The molecule has 0 radical (unpaired) electrons. The Hall–Kier alpha value is -1.08. The monoisotopic (exact) mass is 332 g/mol. The van der Waals surface area contributed by atoms with Crippen LogP contribution in [0.4, 0.5) is 4.39 Å². The Labute approximate surface area is 144 Å². The van der Waals surface area contributed by atoms with E-state index in [1.54, 1.807) is 6.07 Å². The van der Waals surface area contributed by atoms with Crippen LogP contribution in [0.2, 0.25) is 5.02 Å². The second-order valence-electron chi connectivity index (χ2n) is 7.12. The van der Waals surface area contributed by atoms with Crippen molar-refractivity contribution in [2.24, 2.45) is 17.8 Å². The van der Waals surface area contributed by atoms with E-state index in [1.165, 1.54) is 44.6 Å². The smallest absolute Gasteiger partial charge is 0.142 e. The van der Waals surface area contributed by atoms with Crippen molar-refractivity contribution in [3.63, 3.8) is 0 Å². The molecule has 0 heterocycles. The second-order valence-corrected chi connectivity index (χ2v) is 7.52. The van der Waals surface area contributed by atoms with E-state index < -0.39 is 0 Å². The Morgan fingerprint density at radius 2 is 1.96 bits per heavy atom. The first kappa shape index (κ1) is 16.8. The molecule has 1 unspecified atom stereocenters. The molecule has 23 heavy (non-hydrogen) atoms. The van der Waals surface area contributed by atoms with Crippen LogP contribution in [0.3, 0.4) is 0 Å². The van der Waals surface area contributed by atoms with E-state index in [-0.39, 0.29) is 10.8 Å². The highest BCUT2D eigenvalue weighted by Crippen LogP contribution is 2.39. The lowest BCUT2D eigenvalue weighted by molar-refractivity contribution is 0.221. The van der Waals surface area contributed by atoms with Crippen molar-refractivity contribution in [1.29, 1.82) is 0 Å². The van der Waals surface area contributed by atoms with E-state index in [9.17, 15) is 4.39 Å². The lowest BCUT2D eigenvalue weighted by Crippen LogP contribution is -2.21. The minimum absolute atomic E-state index is 0.191. The van der Waals surface area contributed by atoms with Gasteiger partial charge in [0.15, 0.2) is 0 Å². The molecule has 2 heteroatoms.